The number of ether oxygens (including phenoxy) is 1. The Morgan fingerprint density at radius 1 is 1.04 bits per heavy atom. The maximum atomic E-state index is 9.80. The normalized spacial score (nSPS) is 14.3. The van der Waals surface area contributed by atoms with E-state index in [0.29, 0.717) is 30.2 Å². The molecule has 0 amide bonds. The molecule has 0 atom stereocenters. The van der Waals surface area contributed by atoms with Gasteiger partial charge in [0.2, 0.25) is 0 Å². The van der Waals surface area contributed by atoms with E-state index in [1.165, 1.54) is 0 Å². The van der Waals surface area contributed by atoms with Gasteiger partial charge in [-0.3, -0.25) is 0 Å². The first-order chi connectivity index (χ1) is 12.4. The van der Waals surface area contributed by atoms with Crippen LogP contribution in [0.15, 0.2) is 59.2 Å². The fraction of sp³-hybridized carbons (Fsp3) is 0.200. The minimum absolute atomic E-state index is 0.538. The van der Waals surface area contributed by atoms with Gasteiger partial charge < -0.3 is 14.1 Å². The molecule has 5 heteroatoms. The van der Waals surface area contributed by atoms with Crippen LogP contribution in [0.4, 0.5) is 5.69 Å². The second-order valence-electron chi connectivity index (χ2n) is 5.80. The van der Waals surface area contributed by atoms with Gasteiger partial charge in [0.25, 0.3) is 0 Å². The first-order valence-electron chi connectivity index (χ1n) is 8.24. The Balaban J connectivity index is 1.92. The first-order valence-corrected chi connectivity index (χ1v) is 8.24. The molecule has 1 aliphatic rings. The lowest BCUT2D eigenvalue weighted by Gasteiger charge is -2.30. The average Bonchev–Trinajstić information content (AvgIpc) is 3.23. The Kier molecular flexibility index (Phi) is 4.19. The molecule has 2 aromatic heterocycles. The minimum atomic E-state index is 0.538. The zero-order valence-electron chi connectivity index (χ0n) is 13.7. The molecule has 1 fully saturated rings. The Morgan fingerprint density at radius 3 is 2.52 bits per heavy atom. The van der Waals surface area contributed by atoms with Gasteiger partial charge in [-0.1, -0.05) is 30.3 Å². The third-order valence-corrected chi connectivity index (χ3v) is 4.29. The van der Waals surface area contributed by atoms with E-state index in [9.17, 15) is 5.26 Å². The van der Waals surface area contributed by atoms with Crippen LogP contribution in [-0.4, -0.2) is 31.3 Å². The summed E-state index contributed by atoms with van der Waals surface area (Å²) in [6.07, 6.45) is 1.60. The van der Waals surface area contributed by atoms with Crippen LogP contribution in [-0.2, 0) is 4.74 Å². The quantitative estimate of drug-likeness (QED) is 0.732. The van der Waals surface area contributed by atoms with Gasteiger partial charge in [-0.15, -0.1) is 0 Å². The number of aromatic nitrogens is 1. The summed E-state index contributed by atoms with van der Waals surface area (Å²) in [5, 5.41) is 9.80. The number of furan rings is 1. The highest BCUT2D eigenvalue weighted by molar-refractivity contribution is 5.78. The van der Waals surface area contributed by atoms with Crippen molar-refractivity contribution in [2.45, 2.75) is 0 Å². The van der Waals surface area contributed by atoms with Crippen molar-refractivity contribution < 1.29 is 9.15 Å². The molecule has 0 N–H and O–H groups in total. The van der Waals surface area contributed by atoms with E-state index in [-0.39, 0.29) is 0 Å². The molecule has 5 nitrogen and oxygen atoms in total. The van der Waals surface area contributed by atoms with E-state index in [1.807, 2.05) is 48.5 Å². The molecule has 1 saturated heterocycles. The van der Waals surface area contributed by atoms with E-state index in [4.69, 9.17) is 14.1 Å². The van der Waals surface area contributed by atoms with Crippen molar-refractivity contribution in [2.24, 2.45) is 0 Å². The molecule has 0 radical (unpaired) electrons. The number of nitriles is 1. The number of nitrogens with zero attached hydrogens (tertiary/aromatic N) is 3. The van der Waals surface area contributed by atoms with Crippen LogP contribution in [0.5, 0.6) is 0 Å². The summed E-state index contributed by atoms with van der Waals surface area (Å²) in [4.78, 5) is 6.92. The number of hydrogen-bond donors (Lipinski definition) is 0. The summed E-state index contributed by atoms with van der Waals surface area (Å²) in [6.45, 7) is 2.82. The number of rotatable bonds is 3. The molecule has 0 saturated carbocycles. The molecular weight excluding hydrogens is 314 g/mol. The summed E-state index contributed by atoms with van der Waals surface area (Å²) in [6, 6.07) is 17.9. The van der Waals surface area contributed by atoms with E-state index in [2.05, 4.69) is 11.0 Å². The highest BCUT2D eigenvalue weighted by Gasteiger charge is 2.22. The second kappa shape index (κ2) is 6.80. The predicted molar refractivity (Wildman–Crippen MR) is 95.1 cm³/mol. The number of hydrogen-bond acceptors (Lipinski definition) is 5. The summed E-state index contributed by atoms with van der Waals surface area (Å²) in [5.74, 6) is 0.601. The first kappa shape index (κ1) is 15.4. The summed E-state index contributed by atoms with van der Waals surface area (Å²) in [5.41, 5.74) is 3.83. The van der Waals surface area contributed by atoms with E-state index >= 15 is 0 Å². The van der Waals surface area contributed by atoms with Crippen LogP contribution in [0.2, 0.25) is 0 Å². The van der Waals surface area contributed by atoms with E-state index in [0.717, 1.165) is 30.0 Å². The number of morpholine rings is 1. The maximum Gasteiger partial charge on any atom is 0.153 e. The second-order valence-corrected chi connectivity index (χ2v) is 5.80. The topological polar surface area (TPSA) is 62.3 Å². The van der Waals surface area contributed by atoms with E-state index < -0.39 is 0 Å². The van der Waals surface area contributed by atoms with Gasteiger partial charge in [0.15, 0.2) is 5.76 Å². The van der Waals surface area contributed by atoms with Gasteiger partial charge >= 0.3 is 0 Å². The van der Waals surface area contributed by atoms with Gasteiger partial charge in [0.1, 0.15) is 17.3 Å². The van der Waals surface area contributed by atoms with Crippen molar-refractivity contribution in [3.05, 3.63) is 60.4 Å². The molecule has 0 spiro atoms. The van der Waals surface area contributed by atoms with Crippen molar-refractivity contribution in [2.75, 3.05) is 31.2 Å². The fourth-order valence-corrected chi connectivity index (χ4v) is 3.04. The molecule has 124 valence electrons. The summed E-state index contributed by atoms with van der Waals surface area (Å²) < 4.78 is 11.0. The van der Waals surface area contributed by atoms with Crippen molar-refractivity contribution in [3.8, 4) is 28.8 Å². The molecule has 4 rings (SSSR count). The minimum Gasteiger partial charge on any atom is -0.463 e. The van der Waals surface area contributed by atoms with Crippen LogP contribution < -0.4 is 4.90 Å². The Labute approximate surface area is 146 Å². The summed E-state index contributed by atoms with van der Waals surface area (Å²) in [7, 11) is 0. The van der Waals surface area contributed by atoms with Gasteiger partial charge in [-0.2, -0.15) is 5.26 Å². The lowest BCUT2D eigenvalue weighted by Crippen LogP contribution is -2.36. The SMILES string of the molecule is N#Cc1c(N2CCOCC2)cc(-c2ccccc2)nc1-c1ccco1. The average molecular weight is 331 g/mol. The third-order valence-electron chi connectivity index (χ3n) is 4.29. The molecule has 0 unspecified atom stereocenters. The van der Waals surface area contributed by atoms with Gasteiger partial charge in [0, 0.05) is 18.7 Å². The third kappa shape index (κ3) is 3.00. The van der Waals surface area contributed by atoms with Crippen molar-refractivity contribution in [1.29, 1.82) is 5.26 Å². The monoisotopic (exact) mass is 331 g/mol. The van der Waals surface area contributed by atoms with Crippen LogP contribution >= 0.6 is 0 Å². The fourth-order valence-electron chi connectivity index (χ4n) is 3.04. The number of benzene rings is 1. The van der Waals surface area contributed by atoms with Crippen LogP contribution in [0.3, 0.4) is 0 Å². The standard InChI is InChI=1S/C20H17N3O2/c21-14-16-18(23-8-11-24-12-9-23)13-17(15-5-2-1-3-6-15)22-20(16)19-7-4-10-25-19/h1-7,10,13H,8-9,11-12H2. The van der Waals surface area contributed by atoms with Crippen molar-refractivity contribution in [1.82, 2.24) is 4.98 Å². The zero-order valence-corrected chi connectivity index (χ0v) is 13.7. The highest BCUT2D eigenvalue weighted by atomic mass is 16.5. The zero-order chi connectivity index (χ0) is 17.1. The van der Waals surface area contributed by atoms with Gasteiger partial charge in [-0.25, -0.2) is 4.98 Å². The van der Waals surface area contributed by atoms with Crippen molar-refractivity contribution in [3.63, 3.8) is 0 Å². The predicted octanol–water partition coefficient (Wildman–Crippen LogP) is 3.72. The van der Waals surface area contributed by atoms with Crippen LogP contribution in [0, 0.1) is 11.3 Å². The largest absolute Gasteiger partial charge is 0.463 e. The summed E-state index contributed by atoms with van der Waals surface area (Å²) >= 11 is 0. The Morgan fingerprint density at radius 2 is 1.84 bits per heavy atom. The number of anilines is 1. The van der Waals surface area contributed by atoms with Crippen LogP contribution in [0.1, 0.15) is 5.56 Å². The Bertz CT molecular complexity index is 893. The molecule has 0 aliphatic carbocycles. The lowest BCUT2D eigenvalue weighted by molar-refractivity contribution is 0.122. The van der Waals surface area contributed by atoms with Gasteiger partial charge in [0.05, 0.1) is 30.9 Å². The lowest BCUT2D eigenvalue weighted by atomic mass is 10.0. The van der Waals surface area contributed by atoms with Gasteiger partial charge in [-0.05, 0) is 18.2 Å². The van der Waals surface area contributed by atoms with E-state index in [1.54, 1.807) is 6.26 Å². The van der Waals surface area contributed by atoms with Crippen LogP contribution in [0.25, 0.3) is 22.7 Å². The molecule has 0 bridgehead atoms. The smallest absolute Gasteiger partial charge is 0.153 e. The molecule has 1 aromatic carbocycles. The molecule has 1 aliphatic heterocycles. The maximum absolute atomic E-state index is 9.80. The number of pyridine rings is 1. The molecular formula is C20H17N3O2. The molecule has 3 heterocycles. The van der Waals surface area contributed by atoms with Crippen molar-refractivity contribution >= 4 is 5.69 Å². The highest BCUT2D eigenvalue weighted by Crippen LogP contribution is 2.34. The Hall–Kier alpha value is -3.10. The molecule has 3 aromatic rings. The molecule has 25 heavy (non-hydrogen) atoms.